The Kier molecular flexibility index (Phi) is 3.29. The van der Waals surface area contributed by atoms with E-state index in [1.165, 1.54) is 27.8 Å². The fourth-order valence-corrected chi connectivity index (χ4v) is 2.35. The molecule has 0 amide bonds. The fraction of sp³-hybridized carbons (Fsp3) is 0.357. The Morgan fingerprint density at radius 3 is 2.18 bits per heavy atom. The quantitative estimate of drug-likeness (QED) is 0.776. The van der Waals surface area contributed by atoms with Gasteiger partial charge in [-0.3, -0.25) is 0 Å². The largest absolute Gasteiger partial charge is 0.341 e. The number of rotatable bonds is 2. The number of hydrogen-bond donors (Lipinski definition) is 2. The second-order valence-corrected chi connectivity index (χ2v) is 4.85. The Balaban J connectivity index is 2.65. The molecule has 1 heterocycles. The first-order chi connectivity index (χ1) is 8.04. The molecule has 0 aliphatic heterocycles. The molecule has 2 aromatic rings. The van der Waals surface area contributed by atoms with Crippen LogP contribution in [0, 0.1) is 27.7 Å². The molecule has 0 aliphatic rings. The van der Waals surface area contributed by atoms with E-state index in [1.54, 1.807) is 0 Å². The molecule has 0 fully saturated rings. The molecule has 1 aromatic heterocycles. The van der Waals surface area contributed by atoms with Gasteiger partial charge < -0.3 is 4.98 Å². The Labute approximate surface area is 108 Å². The summed E-state index contributed by atoms with van der Waals surface area (Å²) in [5.41, 5.74) is 7.67. The molecule has 1 aromatic carbocycles. The highest BCUT2D eigenvalue weighted by Gasteiger charge is 2.12. The predicted octanol–water partition coefficient (Wildman–Crippen LogP) is 3.74. The third-order valence-corrected chi connectivity index (χ3v) is 3.71. The van der Waals surface area contributed by atoms with Crippen molar-refractivity contribution in [3.8, 4) is 11.3 Å². The standard InChI is InChI=1S/C14H18N2S/c1-8-5-9(2)11(4)14(10(8)3)12-6-15-13(7-17)16-12/h5-6,17H,7H2,1-4H3,(H,15,16). The van der Waals surface area contributed by atoms with Crippen LogP contribution in [0.15, 0.2) is 12.3 Å². The summed E-state index contributed by atoms with van der Waals surface area (Å²) in [5.74, 6) is 1.56. The van der Waals surface area contributed by atoms with Crippen LogP contribution in [0.2, 0.25) is 0 Å². The molecular formula is C14H18N2S. The number of aromatic amines is 1. The van der Waals surface area contributed by atoms with Crippen LogP contribution < -0.4 is 0 Å². The van der Waals surface area contributed by atoms with Crippen molar-refractivity contribution in [2.75, 3.05) is 0 Å². The van der Waals surface area contributed by atoms with Gasteiger partial charge in [0.15, 0.2) is 0 Å². The third-order valence-electron chi connectivity index (χ3n) is 3.41. The van der Waals surface area contributed by atoms with Crippen molar-refractivity contribution >= 4 is 12.6 Å². The number of nitrogens with zero attached hydrogens (tertiary/aromatic N) is 1. The molecule has 2 nitrogen and oxygen atoms in total. The van der Waals surface area contributed by atoms with E-state index in [4.69, 9.17) is 0 Å². The van der Waals surface area contributed by atoms with Crippen LogP contribution in [-0.2, 0) is 5.75 Å². The maximum absolute atomic E-state index is 4.32. The normalized spacial score (nSPS) is 10.9. The molecule has 0 unspecified atom stereocenters. The molecule has 2 rings (SSSR count). The van der Waals surface area contributed by atoms with E-state index in [-0.39, 0.29) is 0 Å². The lowest BCUT2D eigenvalue weighted by Gasteiger charge is -2.13. The third kappa shape index (κ3) is 2.12. The maximum Gasteiger partial charge on any atom is 0.116 e. The average Bonchev–Trinajstić information content (AvgIpc) is 2.75. The number of hydrogen-bond acceptors (Lipinski definition) is 2. The van der Waals surface area contributed by atoms with Gasteiger partial charge in [0.05, 0.1) is 11.9 Å². The first-order valence-electron chi connectivity index (χ1n) is 5.77. The summed E-state index contributed by atoms with van der Waals surface area (Å²) < 4.78 is 0. The first kappa shape index (κ1) is 12.2. The second-order valence-electron chi connectivity index (χ2n) is 4.54. The van der Waals surface area contributed by atoms with Crippen molar-refractivity contribution in [2.24, 2.45) is 0 Å². The van der Waals surface area contributed by atoms with Crippen molar-refractivity contribution in [3.05, 3.63) is 40.3 Å². The number of nitrogens with one attached hydrogen (secondary N) is 1. The lowest BCUT2D eigenvalue weighted by atomic mass is 9.93. The molecule has 0 saturated heterocycles. The van der Waals surface area contributed by atoms with E-state index < -0.39 is 0 Å². The molecule has 0 aliphatic carbocycles. The van der Waals surface area contributed by atoms with E-state index in [0.29, 0.717) is 5.75 Å². The zero-order valence-corrected chi connectivity index (χ0v) is 11.7. The molecule has 1 N–H and O–H groups in total. The number of imidazole rings is 1. The summed E-state index contributed by atoms with van der Waals surface area (Å²) in [6.07, 6.45) is 1.90. The van der Waals surface area contributed by atoms with Crippen LogP contribution >= 0.6 is 12.6 Å². The number of benzene rings is 1. The Hall–Kier alpha value is -1.22. The second kappa shape index (κ2) is 4.57. The van der Waals surface area contributed by atoms with Crippen molar-refractivity contribution in [2.45, 2.75) is 33.4 Å². The minimum atomic E-state index is 0.642. The van der Waals surface area contributed by atoms with Crippen LogP contribution in [-0.4, -0.2) is 9.97 Å². The van der Waals surface area contributed by atoms with Gasteiger partial charge in [0, 0.05) is 11.3 Å². The van der Waals surface area contributed by atoms with Gasteiger partial charge in [-0.2, -0.15) is 12.6 Å². The SMILES string of the molecule is Cc1cc(C)c(C)c(-c2cnc(CS)[nH]2)c1C. The summed E-state index contributed by atoms with van der Waals surface area (Å²) in [5, 5.41) is 0. The van der Waals surface area contributed by atoms with Gasteiger partial charge in [0.1, 0.15) is 5.82 Å². The lowest BCUT2D eigenvalue weighted by molar-refractivity contribution is 1.12. The van der Waals surface area contributed by atoms with Crippen molar-refractivity contribution in [1.82, 2.24) is 9.97 Å². The van der Waals surface area contributed by atoms with Crippen LogP contribution in [0.4, 0.5) is 0 Å². The van der Waals surface area contributed by atoms with Gasteiger partial charge in [-0.15, -0.1) is 0 Å². The van der Waals surface area contributed by atoms with Crippen LogP contribution in [0.25, 0.3) is 11.3 Å². The number of aryl methyl sites for hydroxylation is 2. The fourth-order valence-electron chi connectivity index (χ4n) is 2.19. The van der Waals surface area contributed by atoms with Gasteiger partial charge in [-0.05, 0) is 49.9 Å². The maximum atomic E-state index is 4.32. The molecule has 17 heavy (non-hydrogen) atoms. The summed E-state index contributed by atoms with van der Waals surface area (Å²) in [4.78, 5) is 7.65. The Morgan fingerprint density at radius 1 is 1.12 bits per heavy atom. The van der Waals surface area contributed by atoms with Gasteiger partial charge in [-0.1, -0.05) is 6.07 Å². The smallest absolute Gasteiger partial charge is 0.116 e. The van der Waals surface area contributed by atoms with E-state index in [9.17, 15) is 0 Å². The van der Waals surface area contributed by atoms with E-state index in [1.807, 2.05) is 6.20 Å². The minimum Gasteiger partial charge on any atom is -0.341 e. The van der Waals surface area contributed by atoms with Crippen LogP contribution in [0.3, 0.4) is 0 Å². The van der Waals surface area contributed by atoms with E-state index >= 15 is 0 Å². The highest BCUT2D eigenvalue weighted by Crippen LogP contribution is 2.30. The molecule has 0 spiro atoms. The molecule has 0 bridgehead atoms. The molecule has 0 atom stereocenters. The molecular weight excluding hydrogens is 228 g/mol. The Morgan fingerprint density at radius 2 is 1.71 bits per heavy atom. The van der Waals surface area contributed by atoms with E-state index in [0.717, 1.165) is 11.5 Å². The van der Waals surface area contributed by atoms with Crippen molar-refractivity contribution in [3.63, 3.8) is 0 Å². The monoisotopic (exact) mass is 246 g/mol. The average molecular weight is 246 g/mol. The zero-order valence-electron chi connectivity index (χ0n) is 10.8. The lowest BCUT2D eigenvalue weighted by Crippen LogP contribution is -1.95. The molecule has 90 valence electrons. The van der Waals surface area contributed by atoms with Gasteiger partial charge >= 0.3 is 0 Å². The summed E-state index contributed by atoms with van der Waals surface area (Å²) >= 11 is 4.23. The van der Waals surface area contributed by atoms with Gasteiger partial charge in [-0.25, -0.2) is 4.98 Å². The van der Waals surface area contributed by atoms with Crippen molar-refractivity contribution in [1.29, 1.82) is 0 Å². The molecule has 0 saturated carbocycles. The van der Waals surface area contributed by atoms with Gasteiger partial charge in [0.2, 0.25) is 0 Å². The summed E-state index contributed by atoms with van der Waals surface area (Å²) in [6, 6.07) is 2.24. The summed E-state index contributed by atoms with van der Waals surface area (Å²) in [6.45, 7) is 8.64. The zero-order chi connectivity index (χ0) is 12.6. The molecule has 3 heteroatoms. The first-order valence-corrected chi connectivity index (χ1v) is 6.40. The predicted molar refractivity (Wildman–Crippen MR) is 75.7 cm³/mol. The number of aromatic nitrogens is 2. The topological polar surface area (TPSA) is 28.7 Å². The van der Waals surface area contributed by atoms with Crippen LogP contribution in [0.1, 0.15) is 28.1 Å². The highest BCUT2D eigenvalue weighted by atomic mass is 32.1. The number of thiol groups is 1. The van der Waals surface area contributed by atoms with Crippen LogP contribution in [0.5, 0.6) is 0 Å². The summed E-state index contributed by atoms with van der Waals surface area (Å²) in [7, 11) is 0. The Bertz CT molecular complexity index is 529. The highest BCUT2D eigenvalue weighted by molar-refractivity contribution is 7.79. The van der Waals surface area contributed by atoms with E-state index in [2.05, 4.69) is 56.4 Å². The molecule has 0 radical (unpaired) electrons. The van der Waals surface area contributed by atoms with Gasteiger partial charge in [0.25, 0.3) is 0 Å². The number of H-pyrrole nitrogens is 1. The van der Waals surface area contributed by atoms with Crippen molar-refractivity contribution < 1.29 is 0 Å². The minimum absolute atomic E-state index is 0.642.